The Labute approximate surface area is 493 Å². The molecule has 0 unspecified atom stereocenters. The number of benzene rings is 4. The molecule has 4 aromatic rings. The van der Waals surface area contributed by atoms with Crippen LogP contribution in [-0.2, 0) is 54.4 Å². The van der Waals surface area contributed by atoms with E-state index in [0.717, 1.165) is 15.7 Å². The highest BCUT2D eigenvalue weighted by Gasteiger charge is 2.34. The molecular weight excluding hydrogens is 1100 g/mol. The predicted molar refractivity (Wildman–Crippen MR) is 317 cm³/mol. The Morgan fingerprint density at radius 3 is 1.69 bits per heavy atom. The van der Waals surface area contributed by atoms with Crippen LogP contribution >= 0.6 is 11.8 Å². The smallest absolute Gasteiger partial charge is 0.303 e. The van der Waals surface area contributed by atoms with Crippen LogP contribution in [0.5, 0.6) is 5.75 Å². The number of amides is 10. The Bertz CT molecular complexity index is 2910. The maximum atomic E-state index is 14.5. The lowest BCUT2D eigenvalue weighted by Crippen LogP contribution is -2.60. The van der Waals surface area contributed by atoms with E-state index in [0.29, 0.717) is 23.3 Å². The molecule has 24 heteroatoms. The first-order valence-corrected chi connectivity index (χ1v) is 29.0. The number of hydrogen-bond donors (Lipinski definition) is 12. The number of phenols is 1. The maximum absolute atomic E-state index is 14.5. The molecule has 0 aromatic heterocycles. The number of thioether (sulfide) groups is 1. The van der Waals surface area contributed by atoms with Gasteiger partial charge in [0.15, 0.2) is 0 Å². The van der Waals surface area contributed by atoms with Gasteiger partial charge in [-0.1, -0.05) is 102 Å². The van der Waals surface area contributed by atoms with Crippen LogP contribution < -0.4 is 53.6 Å². The standard InChI is InChI=1S/C60H80N10O13S/c1-35(2)30-46(68-60(83)53(37(5)6)70-50(74)33-63-55(78)40-15-8-7-9-16-40)59(82)65-44(18-12-13-28-62-48(72)27-29-84-43-24-21-39-14-10-11-17-41(39)32-43)57(80)66-45(25-26-51(75)76)58(81)67-47(31-38-19-22-42(71)23-20-38)56(79)64-34-49(73)69-52(36(3)4)54(61)77/h7-11,14-17,19-24,32,35-37,44-47,52-53,71H,12-13,18,25-31,33-34H2,1-6H3,(H2,61,77)(H,62,72)(H,63,78)(H,64,79)(H,65,82)(H,66,80)(H,67,81)(H,68,83)(H,69,73)(H,70,74)(H,75,76)/t44-,45-,46-,47-,52-,53-/m0/s1. The number of aliphatic carboxylic acids is 1. The van der Waals surface area contributed by atoms with E-state index >= 15 is 0 Å². The summed E-state index contributed by atoms with van der Waals surface area (Å²) in [6.07, 6.45) is -0.616. The molecule has 13 N–H and O–H groups in total. The molecule has 4 aromatic carbocycles. The number of unbranched alkanes of at least 4 members (excludes halogenated alkanes) is 1. The van der Waals surface area contributed by atoms with Gasteiger partial charge in [0.25, 0.3) is 5.91 Å². The minimum absolute atomic E-state index is 0.0578. The predicted octanol–water partition coefficient (Wildman–Crippen LogP) is 2.72. The second-order valence-electron chi connectivity index (χ2n) is 21.4. The fraction of sp³-hybridized carbons (Fsp3) is 0.450. The Kier molecular flexibility index (Phi) is 28.2. The Balaban J connectivity index is 1.54. The molecule has 0 bridgehead atoms. The lowest BCUT2D eigenvalue weighted by atomic mass is 9.99. The Morgan fingerprint density at radius 1 is 0.524 bits per heavy atom. The van der Waals surface area contributed by atoms with Crippen molar-refractivity contribution in [2.45, 2.75) is 134 Å². The van der Waals surface area contributed by atoms with Gasteiger partial charge in [0.2, 0.25) is 53.2 Å². The van der Waals surface area contributed by atoms with Crippen LogP contribution in [0.3, 0.4) is 0 Å². The quantitative estimate of drug-likeness (QED) is 0.0233. The van der Waals surface area contributed by atoms with E-state index in [4.69, 9.17) is 5.73 Å². The number of nitrogens with one attached hydrogen (secondary N) is 9. The first-order valence-electron chi connectivity index (χ1n) is 28.0. The number of carboxylic acid groups (broad SMARTS) is 1. The number of aromatic hydroxyl groups is 1. The van der Waals surface area contributed by atoms with Crippen molar-refractivity contribution in [2.24, 2.45) is 23.5 Å². The summed E-state index contributed by atoms with van der Waals surface area (Å²) in [4.78, 5) is 147. The molecule has 0 aliphatic heterocycles. The third kappa shape index (κ3) is 24.1. The molecule has 0 fully saturated rings. The highest BCUT2D eigenvalue weighted by Crippen LogP contribution is 2.24. The summed E-state index contributed by atoms with van der Waals surface area (Å²) in [6.45, 7) is 9.35. The largest absolute Gasteiger partial charge is 0.508 e. The number of primary amides is 1. The number of carboxylic acids is 1. The van der Waals surface area contributed by atoms with Gasteiger partial charge in [0.1, 0.15) is 42.0 Å². The first kappa shape index (κ1) is 68.0. The molecule has 4 rings (SSSR count). The maximum Gasteiger partial charge on any atom is 0.303 e. The molecule has 6 atom stereocenters. The number of hydrogen-bond acceptors (Lipinski definition) is 13. The van der Waals surface area contributed by atoms with Gasteiger partial charge in [-0.3, -0.25) is 52.7 Å². The van der Waals surface area contributed by atoms with Gasteiger partial charge in [-0.2, -0.15) is 0 Å². The van der Waals surface area contributed by atoms with Crippen LogP contribution in [0.25, 0.3) is 10.8 Å². The molecule has 0 spiro atoms. The Hall–Kier alpha value is -8.54. The number of fused-ring (bicyclic) bond motifs is 1. The number of carbonyl (C=O) groups is 11. The van der Waals surface area contributed by atoms with E-state index in [2.05, 4.69) is 53.9 Å². The van der Waals surface area contributed by atoms with Gasteiger partial charge >= 0.3 is 5.97 Å². The molecule has 84 heavy (non-hydrogen) atoms. The van der Waals surface area contributed by atoms with Crippen molar-refractivity contribution in [2.75, 3.05) is 25.4 Å². The van der Waals surface area contributed by atoms with E-state index in [1.807, 2.05) is 36.4 Å². The molecular formula is C60H80N10O13S. The van der Waals surface area contributed by atoms with Crippen molar-refractivity contribution < 1.29 is 63.0 Å². The van der Waals surface area contributed by atoms with Gasteiger partial charge < -0.3 is 63.8 Å². The third-order valence-corrected chi connectivity index (χ3v) is 14.2. The van der Waals surface area contributed by atoms with E-state index in [1.165, 1.54) is 36.0 Å². The minimum Gasteiger partial charge on any atom is -0.508 e. The van der Waals surface area contributed by atoms with Crippen LogP contribution in [0.2, 0.25) is 0 Å². The summed E-state index contributed by atoms with van der Waals surface area (Å²) in [5, 5.41) is 45.3. The van der Waals surface area contributed by atoms with E-state index in [-0.39, 0.29) is 62.1 Å². The van der Waals surface area contributed by atoms with E-state index in [9.17, 15) is 63.0 Å². The third-order valence-electron chi connectivity index (χ3n) is 13.2. The summed E-state index contributed by atoms with van der Waals surface area (Å²) in [5.74, 6) is -9.36. The van der Waals surface area contributed by atoms with Gasteiger partial charge in [-0.05, 0) is 103 Å². The van der Waals surface area contributed by atoms with Crippen LogP contribution in [0.4, 0.5) is 0 Å². The lowest BCUT2D eigenvalue weighted by Gasteiger charge is -2.28. The van der Waals surface area contributed by atoms with Crippen LogP contribution in [-0.4, -0.2) is 137 Å². The van der Waals surface area contributed by atoms with Gasteiger partial charge in [-0.25, -0.2) is 0 Å². The highest BCUT2D eigenvalue weighted by molar-refractivity contribution is 7.99. The zero-order chi connectivity index (χ0) is 61.9. The summed E-state index contributed by atoms with van der Waals surface area (Å²) < 4.78 is 0. The van der Waals surface area contributed by atoms with Gasteiger partial charge in [-0.15, -0.1) is 11.8 Å². The fourth-order valence-corrected chi connectivity index (χ4v) is 9.56. The Morgan fingerprint density at radius 2 is 1.08 bits per heavy atom. The molecule has 0 radical (unpaired) electrons. The number of rotatable bonds is 35. The first-order chi connectivity index (χ1) is 39.9. The van der Waals surface area contributed by atoms with Crippen molar-refractivity contribution in [1.82, 2.24) is 47.9 Å². The van der Waals surface area contributed by atoms with Crippen molar-refractivity contribution in [3.05, 3.63) is 108 Å². The summed E-state index contributed by atoms with van der Waals surface area (Å²) in [6, 6.07) is 19.8. The van der Waals surface area contributed by atoms with E-state index in [1.54, 1.807) is 71.9 Å². The van der Waals surface area contributed by atoms with Gasteiger partial charge in [0.05, 0.1) is 13.1 Å². The van der Waals surface area contributed by atoms with Crippen LogP contribution in [0.15, 0.2) is 102 Å². The molecule has 0 aliphatic carbocycles. The topological polar surface area (TPSA) is 363 Å². The number of carbonyl (C=O) groups excluding carboxylic acids is 10. The van der Waals surface area contributed by atoms with Gasteiger partial charge in [0, 0.05) is 42.0 Å². The van der Waals surface area contributed by atoms with Crippen molar-refractivity contribution in [3.63, 3.8) is 0 Å². The second kappa shape index (κ2) is 34.8. The minimum atomic E-state index is -1.64. The normalized spacial score (nSPS) is 13.2. The molecule has 10 amide bonds. The SMILES string of the molecule is CC(C)C[C@H](NC(=O)[C@@H](NC(=O)CNC(=O)c1ccccc1)C(C)C)C(=O)N[C@@H](CCCCNC(=O)CCSc1ccc2ccccc2c1)C(=O)N[C@@H](CCC(=O)O)C(=O)N[C@@H](Cc1ccc(O)cc1)C(=O)NCC(=O)N[C@H](C(N)=O)C(C)C. The zero-order valence-corrected chi connectivity index (χ0v) is 49.1. The highest BCUT2D eigenvalue weighted by atomic mass is 32.2. The van der Waals surface area contributed by atoms with Crippen molar-refractivity contribution in [1.29, 1.82) is 0 Å². The molecule has 454 valence electrons. The molecule has 0 saturated heterocycles. The summed E-state index contributed by atoms with van der Waals surface area (Å²) in [7, 11) is 0. The average molecular weight is 1180 g/mol. The lowest BCUT2D eigenvalue weighted by molar-refractivity contribution is -0.138. The van der Waals surface area contributed by atoms with E-state index < -0.39 is 127 Å². The summed E-state index contributed by atoms with van der Waals surface area (Å²) in [5.41, 5.74) is 6.20. The molecule has 0 saturated carbocycles. The zero-order valence-electron chi connectivity index (χ0n) is 48.3. The summed E-state index contributed by atoms with van der Waals surface area (Å²) >= 11 is 1.54. The van der Waals surface area contributed by atoms with Crippen LogP contribution in [0.1, 0.15) is 102 Å². The fourth-order valence-electron chi connectivity index (χ4n) is 8.67. The number of phenolic OH excluding ortho intramolecular Hbond substituents is 1. The van der Waals surface area contributed by atoms with Crippen molar-refractivity contribution in [3.8, 4) is 5.75 Å². The van der Waals surface area contributed by atoms with Crippen molar-refractivity contribution >= 4 is 87.6 Å². The van der Waals surface area contributed by atoms with Crippen LogP contribution in [0, 0.1) is 17.8 Å². The molecule has 23 nitrogen and oxygen atoms in total. The second-order valence-corrected chi connectivity index (χ2v) is 22.5. The molecule has 0 heterocycles. The monoisotopic (exact) mass is 1180 g/mol. The average Bonchev–Trinajstić information content (AvgIpc) is 3.66. The molecule has 0 aliphatic rings. The number of nitrogens with two attached hydrogens (primary N) is 1.